The van der Waals surface area contributed by atoms with Gasteiger partial charge in [-0.1, -0.05) is 0 Å². The van der Waals surface area contributed by atoms with Gasteiger partial charge in [-0.15, -0.1) is 0 Å². The molecule has 1 fully saturated rings. The molecule has 0 spiro atoms. The van der Waals surface area contributed by atoms with Crippen molar-refractivity contribution in [2.45, 2.75) is 19.8 Å². The van der Waals surface area contributed by atoms with Crippen LogP contribution >= 0.6 is 0 Å². The second-order valence-electron chi connectivity index (χ2n) is 5.66. The van der Waals surface area contributed by atoms with Crippen molar-refractivity contribution in [1.82, 2.24) is 10.2 Å². The van der Waals surface area contributed by atoms with Gasteiger partial charge in [-0.2, -0.15) is 0 Å². The molecule has 1 heterocycles. The van der Waals surface area contributed by atoms with Gasteiger partial charge in [0.2, 0.25) is 5.91 Å². The molecule has 0 aliphatic carbocycles. The van der Waals surface area contributed by atoms with Crippen LogP contribution in [0.2, 0.25) is 0 Å². The van der Waals surface area contributed by atoms with Crippen LogP contribution < -0.4 is 10.1 Å². The van der Waals surface area contributed by atoms with Crippen LogP contribution in [0.5, 0.6) is 5.75 Å². The standard InChI is InChI=1S/C17H22N2O5/c1-2-24-14-7-5-12(6-8-14)16(21)18-10-15(20)19-9-3-4-13(11-19)17(22)23/h5-8,13H,2-4,9-11H2,1H3,(H,18,21)(H,22,23)/t13-/m0/s1. The summed E-state index contributed by atoms with van der Waals surface area (Å²) < 4.78 is 5.31. The third kappa shape index (κ3) is 4.71. The number of carboxylic acids is 1. The van der Waals surface area contributed by atoms with Gasteiger partial charge in [-0.3, -0.25) is 14.4 Å². The molecule has 1 aliphatic heterocycles. The number of carbonyl (C=O) groups is 3. The highest BCUT2D eigenvalue weighted by molar-refractivity contribution is 5.96. The van der Waals surface area contributed by atoms with Crippen molar-refractivity contribution < 1.29 is 24.2 Å². The third-order valence-electron chi connectivity index (χ3n) is 3.95. The summed E-state index contributed by atoms with van der Waals surface area (Å²) in [6, 6.07) is 6.66. The number of benzene rings is 1. The lowest BCUT2D eigenvalue weighted by Crippen LogP contribution is -2.46. The minimum Gasteiger partial charge on any atom is -0.494 e. The van der Waals surface area contributed by atoms with Gasteiger partial charge < -0.3 is 20.1 Å². The lowest BCUT2D eigenvalue weighted by molar-refractivity contribution is -0.145. The summed E-state index contributed by atoms with van der Waals surface area (Å²) in [4.78, 5) is 36.7. The van der Waals surface area contributed by atoms with Crippen LogP contribution in [0.3, 0.4) is 0 Å². The van der Waals surface area contributed by atoms with Gasteiger partial charge in [0.1, 0.15) is 5.75 Å². The zero-order valence-electron chi connectivity index (χ0n) is 13.7. The average molecular weight is 334 g/mol. The minimum atomic E-state index is -0.883. The molecule has 7 heteroatoms. The molecule has 0 unspecified atom stereocenters. The number of likely N-dealkylation sites (tertiary alicyclic amines) is 1. The molecule has 1 aliphatic rings. The lowest BCUT2D eigenvalue weighted by Gasteiger charge is -2.30. The van der Waals surface area contributed by atoms with E-state index in [2.05, 4.69) is 5.32 Å². The fraction of sp³-hybridized carbons (Fsp3) is 0.471. The zero-order chi connectivity index (χ0) is 17.5. The number of ether oxygens (including phenoxy) is 1. The van der Waals surface area contributed by atoms with Crippen molar-refractivity contribution in [3.63, 3.8) is 0 Å². The number of hydrogen-bond acceptors (Lipinski definition) is 4. The molecule has 0 bridgehead atoms. The van der Waals surface area contributed by atoms with Gasteiger partial charge >= 0.3 is 5.97 Å². The fourth-order valence-electron chi connectivity index (χ4n) is 2.64. The quantitative estimate of drug-likeness (QED) is 0.813. The van der Waals surface area contributed by atoms with Crippen molar-refractivity contribution in [2.24, 2.45) is 5.92 Å². The second kappa shape index (κ2) is 8.33. The van der Waals surface area contributed by atoms with Crippen LogP contribution in [0.15, 0.2) is 24.3 Å². The van der Waals surface area contributed by atoms with E-state index in [1.165, 1.54) is 4.90 Å². The maximum Gasteiger partial charge on any atom is 0.308 e. The number of nitrogens with zero attached hydrogens (tertiary/aromatic N) is 1. The highest BCUT2D eigenvalue weighted by atomic mass is 16.5. The molecule has 2 N–H and O–H groups in total. The van der Waals surface area contributed by atoms with Gasteiger partial charge in [0.15, 0.2) is 0 Å². The summed E-state index contributed by atoms with van der Waals surface area (Å²) in [5, 5.41) is 11.6. The van der Waals surface area contributed by atoms with Crippen LogP contribution in [0, 0.1) is 5.92 Å². The smallest absolute Gasteiger partial charge is 0.308 e. The number of carboxylic acid groups (broad SMARTS) is 1. The van der Waals surface area contributed by atoms with Crippen molar-refractivity contribution >= 4 is 17.8 Å². The first-order valence-electron chi connectivity index (χ1n) is 8.03. The molecule has 2 rings (SSSR count). The summed E-state index contributed by atoms with van der Waals surface area (Å²) in [5.41, 5.74) is 0.438. The molecular weight excluding hydrogens is 312 g/mol. The Morgan fingerprint density at radius 2 is 2.00 bits per heavy atom. The number of rotatable bonds is 6. The average Bonchev–Trinajstić information content (AvgIpc) is 2.60. The monoisotopic (exact) mass is 334 g/mol. The highest BCUT2D eigenvalue weighted by Gasteiger charge is 2.28. The maximum absolute atomic E-state index is 12.1. The summed E-state index contributed by atoms with van der Waals surface area (Å²) in [6.07, 6.45) is 1.24. The Balaban J connectivity index is 1.84. The van der Waals surface area contributed by atoms with E-state index in [0.717, 1.165) is 0 Å². The van der Waals surface area contributed by atoms with E-state index >= 15 is 0 Å². The van der Waals surface area contributed by atoms with Crippen molar-refractivity contribution in [2.75, 3.05) is 26.2 Å². The van der Waals surface area contributed by atoms with Crippen molar-refractivity contribution in [3.05, 3.63) is 29.8 Å². The van der Waals surface area contributed by atoms with Crippen molar-refractivity contribution in [1.29, 1.82) is 0 Å². The van der Waals surface area contributed by atoms with E-state index in [0.29, 0.717) is 37.3 Å². The lowest BCUT2D eigenvalue weighted by atomic mass is 9.98. The molecule has 7 nitrogen and oxygen atoms in total. The summed E-state index contributed by atoms with van der Waals surface area (Å²) >= 11 is 0. The van der Waals surface area contributed by atoms with E-state index in [-0.39, 0.29) is 24.9 Å². The summed E-state index contributed by atoms with van der Waals surface area (Å²) in [7, 11) is 0. The van der Waals surface area contributed by atoms with Crippen LogP contribution in [-0.4, -0.2) is 54.0 Å². The first-order chi connectivity index (χ1) is 11.5. The minimum absolute atomic E-state index is 0.140. The third-order valence-corrected chi connectivity index (χ3v) is 3.95. The Morgan fingerprint density at radius 3 is 2.62 bits per heavy atom. The predicted molar refractivity (Wildman–Crippen MR) is 86.9 cm³/mol. The number of aliphatic carboxylic acids is 1. The number of piperidine rings is 1. The largest absolute Gasteiger partial charge is 0.494 e. The van der Waals surface area contributed by atoms with Crippen LogP contribution in [-0.2, 0) is 9.59 Å². The summed E-state index contributed by atoms with van der Waals surface area (Å²) in [5.74, 6) is -1.34. The molecule has 1 atom stereocenters. The van der Waals surface area contributed by atoms with E-state index in [1.54, 1.807) is 24.3 Å². The van der Waals surface area contributed by atoms with Gasteiger partial charge in [-0.25, -0.2) is 0 Å². The van der Waals surface area contributed by atoms with E-state index in [9.17, 15) is 14.4 Å². The number of hydrogen-bond donors (Lipinski definition) is 2. The molecule has 1 aromatic rings. The fourth-order valence-corrected chi connectivity index (χ4v) is 2.64. The van der Waals surface area contributed by atoms with Crippen molar-refractivity contribution in [3.8, 4) is 5.75 Å². The summed E-state index contributed by atoms with van der Waals surface area (Å²) in [6.45, 7) is 3.02. The molecule has 24 heavy (non-hydrogen) atoms. The van der Waals surface area contributed by atoms with Gasteiger partial charge in [0.25, 0.3) is 5.91 Å². The molecule has 2 amide bonds. The Morgan fingerprint density at radius 1 is 1.29 bits per heavy atom. The van der Waals surface area contributed by atoms with Gasteiger partial charge in [0.05, 0.1) is 19.1 Å². The molecule has 0 saturated carbocycles. The molecule has 0 aromatic heterocycles. The Hall–Kier alpha value is -2.57. The second-order valence-corrected chi connectivity index (χ2v) is 5.66. The molecule has 1 aromatic carbocycles. The predicted octanol–water partition coefficient (Wildman–Crippen LogP) is 1.14. The number of amides is 2. The number of carbonyl (C=O) groups excluding carboxylic acids is 2. The van der Waals surface area contributed by atoms with Gasteiger partial charge in [-0.05, 0) is 44.0 Å². The highest BCUT2D eigenvalue weighted by Crippen LogP contribution is 2.16. The molecule has 130 valence electrons. The Kier molecular flexibility index (Phi) is 6.17. The first kappa shape index (κ1) is 17.8. The zero-order valence-corrected chi connectivity index (χ0v) is 13.7. The SMILES string of the molecule is CCOc1ccc(C(=O)NCC(=O)N2CCC[C@H](C(=O)O)C2)cc1. The Labute approximate surface area is 140 Å². The molecular formula is C17H22N2O5. The topological polar surface area (TPSA) is 95.9 Å². The van der Waals surface area contributed by atoms with Crippen LogP contribution in [0.1, 0.15) is 30.1 Å². The van der Waals surface area contributed by atoms with Crippen LogP contribution in [0.25, 0.3) is 0 Å². The van der Waals surface area contributed by atoms with Crippen LogP contribution in [0.4, 0.5) is 0 Å². The van der Waals surface area contributed by atoms with Gasteiger partial charge in [0, 0.05) is 18.7 Å². The Bertz CT molecular complexity index is 600. The van der Waals surface area contributed by atoms with E-state index in [4.69, 9.17) is 9.84 Å². The molecule has 1 saturated heterocycles. The normalized spacial score (nSPS) is 17.2. The van der Waals surface area contributed by atoms with E-state index in [1.807, 2.05) is 6.92 Å². The first-order valence-corrected chi connectivity index (χ1v) is 8.03. The van der Waals surface area contributed by atoms with E-state index < -0.39 is 11.9 Å². The number of nitrogens with one attached hydrogen (secondary N) is 1. The molecule has 0 radical (unpaired) electrons. The maximum atomic E-state index is 12.1.